The van der Waals surface area contributed by atoms with Crippen LogP contribution in [0.2, 0.25) is 0 Å². The number of methoxy groups -OCH3 is 1. The van der Waals surface area contributed by atoms with Gasteiger partial charge in [-0.05, 0) is 40.5 Å². The summed E-state index contributed by atoms with van der Waals surface area (Å²) < 4.78 is 19.5. The maximum absolute atomic E-state index is 13.7. The molecule has 0 spiro atoms. The number of hydrogen-bond donors (Lipinski definition) is 2. The minimum absolute atomic E-state index is 0.325. The first-order valence-corrected chi connectivity index (χ1v) is 6.92. The van der Waals surface area contributed by atoms with Crippen molar-refractivity contribution in [1.29, 1.82) is 0 Å². The molecule has 0 aromatic heterocycles. The van der Waals surface area contributed by atoms with Crippen LogP contribution in [0.3, 0.4) is 0 Å². The topological polar surface area (TPSA) is 47.3 Å². The van der Waals surface area contributed by atoms with E-state index >= 15 is 0 Å². The SMILES string of the molecule is COc1ccc(C)cc1C(NN)c1cccc(F)c1Br. The van der Waals surface area contributed by atoms with Gasteiger partial charge in [0.1, 0.15) is 11.6 Å². The van der Waals surface area contributed by atoms with E-state index < -0.39 is 0 Å². The summed E-state index contributed by atoms with van der Waals surface area (Å²) in [6, 6.07) is 10.3. The van der Waals surface area contributed by atoms with E-state index in [4.69, 9.17) is 10.6 Å². The highest BCUT2D eigenvalue weighted by atomic mass is 79.9. The van der Waals surface area contributed by atoms with Gasteiger partial charge in [0.15, 0.2) is 0 Å². The van der Waals surface area contributed by atoms with Crippen LogP contribution in [0.25, 0.3) is 0 Å². The molecule has 1 atom stereocenters. The predicted octanol–water partition coefficient (Wildman–Crippen LogP) is 3.46. The molecule has 20 heavy (non-hydrogen) atoms. The summed E-state index contributed by atoms with van der Waals surface area (Å²) >= 11 is 3.27. The Kier molecular flexibility index (Phi) is 4.75. The fraction of sp³-hybridized carbons (Fsp3) is 0.200. The van der Waals surface area contributed by atoms with Crippen LogP contribution in [-0.2, 0) is 0 Å². The Morgan fingerprint density at radius 3 is 2.65 bits per heavy atom. The maximum atomic E-state index is 13.7. The van der Waals surface area contributed by atoms with Gasteiger partial charge in [0.25, 0.3) is 0 Å². The van der Waals surface area contributed by atoms with E-state index in [0.29, 0.717) is 10.2 Å². The number of halogens is 2. The Morgan fingerprint density at radius 1 is 1.25 bits per heavy atom. The van der Waals surface area contributed by atoms with Gasteiger partial charge in [-0.2, -0.15) is 0 Å². The summed E-state index contributed by atoms with van der Waals surface area (Å²) in [5.41, 5.74) is 5.39. The third-order valence-electron chi connectivity index (χ3n) is 3.16. The van der Waals surface area contributed by atoms with Gasteiger partial charge in [-0.25, -0.2) is 9.82 Å². The molecule has 1 unspecified atom stereocenters. The summed E-state index contributed by atoms with van der Waals surface area (Å²) in [5.74, 6) is 6.06. The molecule has 0 aliphatic rings. The van der Waals surface area contributed by atoms with Gasteiger partial charge in [0, 0.05) is 5.56 Å². The molecule has 0 saturated heterocycles. The number of hydrazine groups is 1. The maximum Gasteiger partial charge on any atom is 0.137 e. The molecular weight excluding hydrogens is 323 g/mol. The molecular formula is C15H16BrFN2O. The van der Waals surface area contributed by atoms with Crippen molar-refractivity contribution < 1.29 is 9.13 Å². The molecule has 0 aliphatic carbocycles. The lowest BCUT2D eigenvalue weighted by Gasteiger charge is -2.21. The fourth-order valence-corrected chi connectivity index (χ4v) is 2.66. The highest BCUT2D eigenvalue weighted by Crippen LogP contribution is 2.34. The molecule has 2 aromatic rings. The molecule has 106 valence electrons. The summed E-state index contributed by atoms with van der Waals surface area (Å²) in [6.45, 7) is 1.98. The number of aryl methyl sites for hydroxylation is 1. The van der Waals surface area contributed by atoms with Gasteiger partial charge in [-0.1, -0.05) is 29.8 Å². The highest BCUT2D eigenvalue weighted by Gasteiger charge is 2.20. The smallest absolute Gasteiger partial charge is 0.137 e. The summed E-state index contributed by atoms with van der Waals surface area (Å²) in [4.78, 5) is 0. The number of hydrogen-bond acceptors (Lipinski definition) is 3. The summed E-state index contributed by atoms with van der Waals surface area (Å²) in [6.07, 6.45) is 0. The Balaban J connectivity index is 2.58. The van der Waals surface area contributed by atoms with Crippen LogP contribution in [0.5, 0.6) is 5.75 Å². The average Bonchev–Trinajstić information content (AvgIpc) is 2.44. The van der Waals surface area contributed by atoms with Crippen LogP contribution in [0, 0.1) is 12.7 Å². The molecule has 3 N–H and O–H groups in total. The number of nitrogens with two attached hydrogens (primary N) is 1. The molecule has 0 amide bonds. The quantitative estimate of drug-likeness (QED) is 0.663. The first-order valence-electron chi connectivity index (χ1n) is 6.13. The lowest BCUT2D eigenvalue weighted by molar-refractivity contribution is 0.404. The Hall–Kier alpha value is -1.43. The first-order chi connectivity index (χ1) is 9.58. The minimum Gasteiger partial charge on any atom is -0.496 e. The molecule has 5 heteroatoms. The van der Waals surface area contributed by atoms with Crippen molar-refractivity contribution in [1.82, 2.24) is 5.43 Å². The van der Waals surface area contributed by atoms with Crippen molar-refractivity contribution in [2.75, 3.05) is 7.11 Å². The number of rotatable bonds is 4. The van der Waals surface area contributed by atoms with Gasteiger partial charge < -0.3 is 4.74 Å². The predicted molar refractivity (Wildman–Crippen MR) is 81.0 cm³/mol. The van der Waals surface area contributed by atoms with Crippen LogP contribution in [0.1, 0.15) is 22.7 Å². The molecule has 0 fully saturated rings. The monoisotopic (exact) mass is 338 g/mol. The molecule has 0 saturated carbocycles. The second kappa shape index (κ2) is 6.35. The zero-order chi connectivity index (χ0) is 14.7. The Labute approximate surface area is 126 Å². The zero-order valence-corrected chi connectivity index (χ0v) is 12.9. The lowest BCUT2D eigenvalue weighted by Crippen LogP contribution is -2.29. The zero-order valence-electron chi connectivity index (χ0n) is 11.3. The largest absolute Gasteiger partial charge is 0.496 e. The third kappa shape index (κ3) is 2.85. The highest BCUT2D eigenvalue weighted by molar-refractivity contribution is 9.10. The van der Waals surface area contributed by atoms with Crippen LogP contribution >= 0.6 is 15.9 Å². The van der Waals surface area contributed by atoms with E-state index in [1.807, 2.05) is 31.2 Å². The average molecular weight is 339 g/mol. The van der Waals surface area contributed by atoms with Gasteiger partial charge in [0.05, 0.1) is 17.6 Å². The van der Waals surface area contributed by atoms with Crippen molar-refractivity contribution >= 4 is 15.9 Å². The number of nitrogens with one attached hydrogen (secondary N) is 1. The van der Waals surface area contributed by atoms with Gasteiger partial charge in [-0.3, -0.25) is 5.84 Å². The van der Waals surface area contributed by atoms with Crippen molar-refractivity contribution in [3.05, 3.63) is 63.4 Å². The van der Waals surface area contributed by atoms with Crippen molar-refractivity contribution in [2.24, 2.45) is 5.84 Å². The van der Waals surface area contributed by atoms with E-state index in [9.17, 15) is 4.39 Å². The second-order valence-corrected chi connectivity index (χ2v) is 5.28. The molecule has 0 radical (unpaired) electrons. The molecule has 3 nitrogen and oxygen atoms in total. The first kappa shape index (κ1) is 15.0. The van der Waals surface area contributed by atoms with E-state index in [1.54, 1.807) is 13.2 Å². The molecule has 2 rings (SSSR count). The Bertz CT molecular complexity index is 619. The van der Waals surface area contributed by atoms with Crippen LogP contribution in [-0.4, -0.2) is 7.11 Å². The van der Waals surface area contributed by atoms with E-state index in [-0.39, 0.29) is 11.9 Å². The third-order valence-corrected chi connectivity index (χ3v) is 3.99. The molecule has 0 heterocycles. The fourth-order valence-electron chi connectivity index (χ4n) is 2.17. The van der Waals surface area contributed by atoms with Gasteiger partial charge in [-0.15, -0.1) is 0 Å². The number of benzene rings is 2. The number of ether oxygens (including phenoxy) is 1. The summed E-state index contributed by atoms with van der Waals surface area (Å²) in [5, 5.41) is 0. The standard InChI is InChI=1S/C15H16BrFN2O/c1-9-6-7-13(20-2)11(8-9)15(19-18)10-4-3-5-12(17)14(10)16/h3-8,15,19H,18H2,1-2H3. The van der Waals surface area contributed by atoms with Crippen molar-refractivity contribution in [3.63, 3.8) is 0 Å². The molecule has 0 aliphatic heterocycles. The minimum atomic E-state index is -0.366. The molecule has 0 bridgehead atoms. The van der Waals surface area contributed by atoms with Crippen molar-refractivity contribution in [2.45, 2.75) is 13.0 Å². The Morgan fingerprint density at radius 2 is 2.00 bits per heavy atom. The van der Waals surface area contributed by atoms with Gasteiger partial charge in [0.2, 0.25) is 0 Å². The molecule has 2 aromatic carbocycles. The normalized spacial score (nSPS) is 12.2. The second-order valence-electron chi connectivity index (χ2n) is 4.49. The lowest BCUT2D eigenvalue weighted by atomic mass is 9.97. The van der Waals surface area contributed by atoms with E-state index in [2.05, 4.69) is 21.4 Å². The van der Waals surface area contributed by atoms with E-state index in [1.165, 1.54) is 6.07 Å². The van der Waals surface area contributed by atoms with Crippen molar-refractivity contribution in [3.8, 4) is 5.75 Å². The van der Waals surface area contributed by atoms with Crippen LogP contribution in [0.15, 0.2) is 40.9 Å². The van der Waals surface area contributed by atoms with Crippen LogP contribution in [0.4, 0.5) is 4.39 Å². The van der Waals surface area contributed by atoms with Gasteiger partial charge >= 0.3 is 0 Å². The summed E-state index contributed by atoms with van der Waals surface area (Å²) in [7, 11) is 1.60. The van der Waals surface area contributed by atoms with Crippen LogP contribution < -0.4 is 16.0 Å². The van der Waals surface area contributed by atoms with E-state index in [0.717, 1.165) is 16.7 Å².